The molecule has 118 valence electrons. The van der Waals surface area contributed by atoms with Crippen LogP contribution in [0.4, 0.5) is 13.2 Å². The predicted molar refractivity (Wildman–Crippen MR) is 79.1 cm³/mol. The van der Waals surface area contributed by atoms with Crippen molar-refractivity contribution in [1.82, 2.24) is 5.32 Å². The summed E-state index contributed by atoms with van der Waals surface area (Å²) in [5, 5.41) is 3.31. The van der Waals surface area contributed by atoms with E-state index in [-0.39, 0.29) is 6.04 Å². The molecule has 0 radical (unpaired) electrons. The lowest BCUT2D eigenvalue weighted by atomic mass is 9.90. The average Bonchev–Trinajstić information content (AvgIpc) is 2.93. The molecule has 0 saturated heterocycles. The predicted octanol–water partition coefficient (Wildman–Crippen LogP) is 4.66. The molecule has 0 aromatic heterocycles. The van der Waals surface area contributed by atoms with Gasteiger partial charge in [-0.25, -0.2) is 0 Å². The summed E-state index contributed by atoms with van der Waals surface area (Å²) in [5.74, 6) is 1.36. The molecular weight excluding hydrogens is 275 g/mol. The van der Waals surface area contributed by atoms with E-state index in [0.717, 1.165) is 17.5 Å². The molecule has 1 nitrogen and oxygen atoms in total. The van der Waals surface area contributed by atoms with Crippen LogP contribution in [0, 0.1) is 11.8 Å². The summed E-state index contributed by atoms with van der Waals surface area (Å²) in [5.41, 5.74) is 0.219. The first-order valence-electron chi connectivity index (χ1n) is 7.77. The molecule has 21 heavy (non-hydrogen) atoms. The van der Waals surface area contributed by atoms with Crippen LogP contribution in [0.1, 0.15) is 43.7 Å². The van der Waals surface area contributed by atoms with Gasteiger partial charge in [0.1, 0.15) is 0 Å². The van der Waals surface area contributed by atoms with Crippen LogP contribution in [0.5, 0.6) is 0 Å². The largest absolute Gasteiger partial charge is 0.416 e. The molecule has 0 amide bonds. The van der Waals surface area contributed by atoms with Crippen molar-refractivity contribution in [2.45, 2.75) is 51.2 Å². The first kappa shape index (κ1) is 16.3. The molecule has 1 fully saturated rings. The van der Waals surface area contributed by atoms with E-state index in [1.807, 2.05) is 7.05 Å². The highest BCUT2D eigenvalue weighted by Crippen LogP contribution is 2.36. The molecule has 1 saturated carbocycles. The molecule has 2 rings (SSSR count). The Morgan fingerprint density at radius 2 is 2.05 bits per heavy atom. The summed E-state index contributed by atoms with van der Waals surface area (Å²) >= 11 is 0. The molecule has 3 atom stereocenters. The summed E-state index contributed by atoms with van der Waals surface area (Å²) in [4.78, 5) is 0. The Bertz CT molecular complexity index is 456. The number of benzene rings is 1. The van der Waals surface area contributed by atoms with Gasteiger partial charge in [-0.2, -0.15) is 13.2 Å². The Morgan fingerprint density at radius 3 is 2.62 bits per heavy atom. The van der Waals surface area contributed by atoms with Gasteiger partial charge in [0.05, 0.1) is 5.56 Å². The van der Waals surface area contributed by atoms with Gasteiger partial charge in [-0.15, -0.1) is 0 Å². The molecule has 0 aliphatic heterocycles. The molecule has 1 aromatic rings. The van der Waals surface area contributed by atoms with Crippen molar-refractivity contribution < 1.29 is 13.2 Å². The van der Waals surface area contributed by atoms with Gasteiger partial charge >= 0.3 is 6.18 Å². The monoisotopic (exact) mass is 299 g/mol. The van der Waals surface area contributed by atoms with E-state index >= 15 is 0 Å². The zero-order chi connectivity index (χ0) is 15.5. The summed E-state index contributed by atoms with van der Waals surface area (Å²) in [6.07, 6.45) is 1.25. The van der Waals surface area contributed by atoms with E-state index in [1.54, 1.807) is 6.07 Å². The van der Waals surface area contributed by atoms with E-state index in [1.165, 1.54) is 37.8 Å². The van der Waals surface area contributed by atoms with E-state index in [2.05, 4.69) is 12.2 Å². The fraction of sp³-hybridized carbons (Fsp3) is 0.647. The molecule has 1 aromatic carbocycles. The summed E-state index contributed by atoms with van der Waals surface area (Å²) in [7, 11) is 1.91. The first-order chi connectivity index (χ1) is 9.94. The third kappa shape index (κ3) is 4.22. The fourth-order valence-corrected chi connectivity index (χ4v) is 3.48. The van der Waals surface area contributed by atoms with Crippen molar-refractivity contribution in [3.8, 4) is 0 Å². The van der Waals surface area contributed by atoms with Gasteiger partial charge in [0, 0.05) is 6.04 Å². The van der Waals surface area contributed by atoms with Gasteiger partial charge in [-0.1, -0.05) is 38.0 Å². The van der Waals surface area contributed by atoms with Crippen LogP contribution < -0.4 is 5.32 Å². The lowest BCUT2D eigenvalue weighted by molar-refractivity contribution is -0.137. The standard InChI is InChI=1S/C17H24F3N/c1-3-12-7-8-14(9-12)16(21-2)11-13-5-4-6-15(10-13)17(18,19)20/h4-6,10,12,14,16,21H,3,7-9,11H2,1-2H3. The van der Waals surface area contributed by atoms with Crippen LogP contribution in [0.15, 0.2) is 24.3 Å². The Balaban J connectivity index is 2.05. The molecule has 0 spiro atoms. The first-order valence-corrected chi connectivity index (χ1v) is 7.77. The molecule has 1 aliphatic carbocycles. The minimum atomic E-state index is -4.26. The van der Waals surface area contributed by atoms with E-state index in [0.29, 0.717) is 12.3 Å². The molecule has 0 bridgehead atoms. The quantitative estimate of drug-likeness (QED) is 0.833. The summed E-state index contributed by atoms with van der Waals surface area (Å²) < 4.78 is 38.3. The maximum Gasteiger partial charge on any atom is 0.416 e. The zero-order valence-corrected chi connectivity index (χ0v) is 12.7. The second kappa shape index (κ2) is 6.82. The van der Waals surface area contributed by atoms with Gasteiger partial charge in [0.15, 0.2) is 0 Å². The highest BCUT2D eigenvalue weighted by atomic mass is 19.4. The van der Waals surface area contributed by atoms with E-state index in [9.17, 15) is 13.2 Å². The zero-order valence-electron chi connectivity index (χ0n) is 12.7. The van der Waals surface area contributed by atoms with Crippen LogP contribution in [0.3, 0.4) is 0 Å². The van der Waals surface area contributed by atoms with E-state index in [4.69, 9.17) is 0 Å². The maximum atomic E-state index is 12.8. The van der Waals surface area contributed by atoms with Crippen molar-refractivity contribution in [3.05, 3.63) is 35.4 Å². The minimum absolute atomic E-state index is 0.269. The van der Waals surface area contributed by atoms with Crippen LogP contribution in [0.2, 0.25) is 0 Å². The summed E-state index contributed by atoms with van der Waals surface area (Å²) in [6.45, 7) is 2.22. The second-order valence-electron chi connectivity index (χ2n) is 6.14. The van der Waals surface area contributed by atoms with Crippen molar-refractivity contribution >= 4 is 0 Å². The van der Waals surface area contributed by atoms with Crippen molar-refractivity contribution in [2.75, 3.05) is 7.05 Å². The Morgan fingerprint density at radius 1 is 1.29 bits per heavy atom. The smallest absolute Gasteiger partial charge is 0.316 e. The molecule has 4 heteroatoms. The highest BCUT2D eigenvalue weighted by molar-refractivity contribution is 5.26. The van der Waals surface area contributed by atoms with Crippen LogP contribution >= 0.6 is 0 Å². The Hall–Kier alpha value is -1.03. The number of rotatable bonds is 5. The maximum absolute atomic E-state index is 12.8. The van der Waals surface area contributed by atoms with Gasteiger partial charge in [-0.3, -0.25) is 0 Å². The lowest BCUT2D eigenvalue weighted by Crippen LogP contribution is -2.34. The SMILES string of the molecule is CCC1CCC(C(Cc2cccc(C(F)(F)F)c2)NC)C1. The third-order valence-corrected chi connectivity index (χ3v) is 4.81. The second-order valence-corrected chi connectivity index (χ2v) is 6.14. The minimum Gasteiger partial charge on any atom is -0.316 e. The molecule has 3 unspecified atom stereocenters. The van der Waals surface area contributed by atoms with Crippen LogP contribution in [-0.4, -0.2) is 13.1 Å². The molecular formula is C17H24F3N. The Labute approximate surface area is 124 Å². The molecule has 1 N–H and O–H groups in total. The summed E-state index contributed by atoms with van der Waals surface area (Å²) in [6, 6.07) is 6.00. The van der Waals surface area contributed by atoms with Crippen LogP contribution in [-0.2, 0) is 12.6 Å². The van der Waals surface area contributed by atoms with Crippen LogP contribution in [0.25, 0.3) is 0 Å². The number of hydrogen-bond donors (Lipinski definition) is 1. The van der Waals surface area contributed by atoms with Crippen molar-refractivity contribution in [1.29, 1.82) is 0 Å². The fourth-order valence-electron chi connectivity index (χ4n) is 3.48. The number of halogens is 3. The number of alkyl halides is 3. The third-order valence-electron chi connectivity index (χ3n) is 4.81. The number of likely N-dealkylation sites (N-methyl/N-ethyl adjacent to an activating group) is 1. The average molecular weight is 299 g/mol. The number of hydrogen-bond acceptors (Lipinski definition) is 1. The normalized spacial score (nSPS) is 24.2. The van der Waals surface area contributed by atoms with Gasteiger partial charge in [0.25, 0.3) is 0 Å². The molecule has 1 aliphatic rings. The topological polar surface area (TPSA) is 12.0 Å². The van der Waals surface area contributed by atoms with Gasteiger partial charge in [0.2, 0.25) is 0 Å². The lowest BCUT2D eigenvalue weighted by Gasteiger charge is -2.24. The van der Waals surface area contributed by atoms with Gasteiger partial charge in [-0.05, 0) is 49.8 Å². The van der Waals surface area contributed by atoms with Crippen molar-refractivity contribution in [2.24, 2.45) is 11.8 Å². The Kier molecular flexibility index (Phi) is 5.31. The van der Waals surface area contributed by atoms with Gasteiger partial charge < -0.3 is 5.32 Å². The number of nitrogens with one attached hydrogen (secondary N) is 1. The van der Waals surface area contributed by atoms with Crippen molar-refractivity contribution in [3.63, 3.8) is 0 Å². The highest BCUT2D eigenvalue weighted by Gasteiger charge is 2.32. The molecule has 0 heterocycles. The van der Waals surface area contributed by atoms with E-state index < -0.39 is 11.7 Å².